The van der Waals surface area contributed by atoms with Crippen molar-refractivity contribution in [2.75, 3.05) is 56.0 Å². The molecule has 1 unspecified atom stereocenters. The van der Waals surface area contributed by atoms with Crippen LogP contribution in [-0.2, 0) is 14.4 Å². The van der Waals surface area contributed by atoms with E-state index in [1.54, 1.807) is 23.4 Å². The smallest absolute Gasteiger partial charge is 0.243 e. The molecule has 2 aliphatic heterocycles. The van der Waals surface area contributed by atoms with Crippen LogP contribution in [0.1, 0.15) is 12.0 Å². The third-order valence-corrected chi connectivity index (χ3v) is 6.02. The standard InChI is InChI=1S/C23H29N7O3/c1-17-5-2-3-6-18(17)27-20(31)15-19-22(33)24-9-10-30(19)21(32)16-28-11-13-29(14-12-28)23-25-7-4-8-26-23/h2-8,19H,9-16H2,1H3,(H,24,33)(H,27,31). The van der Waals surface area contributed by atoms with Gasteiger partial charge in [0.05, 0.1) is 13.0 Å². The number of anilines is 2. The maximum absolute atomic E-state index is 13.1. The fourth-order valence-electron chi connectivity index (χ4n) is 4.15. The van der Waals surface area contributed by atoms with Crippen molar-refractivity contribution in [3.05, 3.63) is 48.3 Å². The van der Waals surface area contributed by atoms with Gasteiger partial charge < -0.3 is 20.4 Å². The Kier molecular flexibility index (Phi) is 7.13. The second-order valence-corrected chi connectivity index (χ2v) is 8.27. The van der Waals surface area contributed by atoms with E-state index in [9.17, 15) is 14.4 Å². The summed E-state index contributed by atoms with van der Waals surface area (Å²) in [6, 6.07) is 8.43. The molecule has 3 heterocycles. The molecule has 0 spiro atoms. The van der Waals surface area contributed by atoms with E-state index in [4.69, 9.17) is 0 Å². The SMILES string of the molecule is Cc1ccccc1NC(=O)CC1C(=O)NCCN1C(=O)CN1CCN(c2ncccn2)CC1. The number of carbonyl (C=O) groups excluding carboxylic acids is 3. The molecule has 0 radical (unpaired) electrons. The molecule has 2 aliphatic rings. The number of carbonyl (C=O) groups is 3. The van der Waals surface area contributed by atoms with Gasteiger partial charge in [-0.25, -0.2) is 9.97 Å². The lowest BCUT2D eigenvalue weighted by Crippen LogP contribution is -2.60. The van der Waals surface area contributed by atoms with Crippen LogP contribution in [-0.4, -0.2) is 89.3 Å². The van der Waals surface area contributed by atoms with E-state index in [0.717, 1.165) is 18.7 Å². The van der Waals surface area contributed by atoms with Gasteiger partial charge in [0.1, 0.15) is 6.04 Å². The summed E-state index contributed by atoms with van der Waals surface area (Å²) in [6.07, 6.45) is 3.36. The first-order valence-electron chi connectivity index (χ1n) is 11.2. The topological polar surface area (TPSA) is 111 Å². The summed E-state index contributed by atoms with van der Waals surface area (Å²) < 4.78 is 0. The first-order valence-corrected chi connectivity index (χ1v) is 11.2. The molecule has 33 heavy (non-hydrogen) atoms. The molecular weight excluding hydrogens is 422 g/mol. The summed E-state index contributed by atoms with van der Waals surface area (Å²) in [5.41, 5.74) is 1.64. The minimum absolute atomic E-state index is 0.0783. The number of rotatable bonds is 6. The van der Waals surface area contributed by atoms with Crippen molar-refractivity contribution in [3.8, 4) is 0 Å². The van der Waals surface area contributed by atoms with E-state index in [2.05, 4.69) is 30.4 Å². The molecule has 2 aromatic rings. The Labute approximate surface area is 193 Å². The van der Waals surface area contributed by atoms with Crippen LogP contribution in [0.3, 0.4) is 0 Å². The first kappa shape index (κ1) is 22.7. The molecule has 10 heteroatoms. The van der Waals surface area contributed by atoms with Crippen LogP contribution < -0.4 is 15.5 Å². The van der Waals surface area contributed by atoms with Gasteiger partial charge >= 0.3 is 0 Å². The Morgan fingerprint density at radius 1 is 1.06 bits per heavy atom. The highest BCUT2D eigenvalue weighted by atomic mass is 16.2. The molecule has 0 bridgehead atoms. The van der Waals surface area contributed by atoms with Gasteiger partial charge in [-0.15, -0.1) is 0 Å². The maximum atomic E-state index is 13.1. The number of hydrogen-bond acceptors (Lipinski definition) is 7. The maximum Gasteiger partial charge on any atom is 0.243 e. The number of para-hydroxylation sites is 1. The van der Waals surface area contributed by atoms with Crippen molar-refractivity contribution < 1.29 is 14.4 Å². The van der Waals surface area contributed by atoms with Gasteiger partial charge in [-0.05, 0) is 24.6 Å². The predicted octanol–water partition coefficient (Wildman–Crippen LogP) is 0.263. The molecule has 4 rings (SSSR count). The Balaban J connectivity index is 1.33. The predicted molar refractivity (Wildman–Crippen MR) is 124 cm³/mol. The summed E-state index contributed by atoms with van der Waals surface area (Å²) in [5, 5.41) is 5.63. The third-order valence-electron chi connectivity index (χ3n) is 6.02. The Morgan fingerprint density at radius 3 is 2.52 bits per heavy atom. The molecule has 0 saturated carbocycles. The van der Waals surface area contributed by atoms with Crippen LogP contribution in [0.25, 0.3) is 0 Å². The zero-order valence-corrected chi connectivity index (χ0v) is 18.7. The molecule has 2 saturated heterocycles. The van der Waals surface area contributed by atoms with Crippen LogP contribution in [0.2, 0.25) is 0 Å². The quantitative estimate of drug-likeness (QED) is 0.648. The molecule has 174 valence electrons. The van der Waals surface area contributed by atoms with E-state index in [-0.39, 0.29) is 30.7 Å². The lowest BCUT2D eigenvalue weighted by Gasteiger charge is -2.38. The third kappa shape index (κ3) is 5.64. The normalized spacial score (nSPS) is 19.2. The van der Waals surface area contributed by atoms with Gasteiger partial charge in [0.2, 0.25) is 23.7 Å². The van der Waals surface area contributed by atoms with E-state index < -0.39 is 6.04 Å². The Morgan fingerprint density at radius 2 is 1.79 bits per heavy atom. The average molecular weight is 452 g/mol. The number of amides is 3. The lowest BCUT2D eigenvalue weighted by atomic mass is 10.1. The largest absolute Gasteiger partial charge is 0.353 e. The van der Waals surface area contributed by atoms with Gasteiger partial charge in [0.15, 0.2) is 0 Å². The summed E-state index contributed by atoms with van der Waals surface area (Å²) in [7, 11) is 0. The highest BCUT2D eigenvalue weighted by molar-refractivity contribution is 5.98. The van der Waals surface area contributed by atoms with E-state index in [1.165, 1.54) is 0 Å². The van der Waals surface area contributed by atoms with E-state index in [1.807, 2.05) is 31.2 Å². The number of nitrogens with one attached hydrogen (secondary N) is 2. The number of piperazine rings is 2. The van der Waals surface area contributed by atoms with Crippen molar-refractivity contribution >= 4 is 29.4 Å². The summed E-state index contributed by atoms with van der Waals surface area (Å²) >= 11 is 0. The molecule has 1 atom stereocenters. The molecule has 2 N–H and O–H groups in total. The van der Waals surface area contributed by atoms with Crippen molar-refractivity contribution in [3.63, 3.8) is 0 Å². The van der Waals surface area contributed by atoms with Gasteiger partial charge in [-0.1, -0.05) is 18.2 Å². The van der Waals surface area contributed by atoms with Crippen molar-refractivity contribution in [1.82, 2.24) is 25.1 Å². The van der Waals surface area contributed by atoms with Crippen molar-refractivity contribution in [1.29, 1.82) is 0 Å². The second-order valence-electron chi connectivity index (χ2n) is 8.27. The number of nitrogens with zero attached hydrogens (tertiary/aromatic N) is 5. The van der Waals surface area contributed by atoms with Gasteiger partial charge in [-0.3, -0.25) is 19.3 Å². The Bertz CT molecular complexity index is 993. The summed E-state index contributed by atoms with van der Waals surface area (Å²) in [4.78, 5) is 52.6. The molecule has 2 fully saturated rings. The van der Waals surface area contributed by atoms with Crippen molar-refractivity contribution in [2.24, 2.45) is 0 Å². The Hall–Kier alpha value is -3.53. The second kappa shape index (κ2) is 10.4. The lowest BCUT2D eigenvalue weighted by molar-refractivity contribution is -0.145. The van der Waals surface area contributed by atoms with Crippen molar-refractivity contribution in [2.45, 2.75) is 19.4 Å². The molecule has 1 aromatic heterocycles. The molecular formula is C23H29N7O3. The first-order chi connectivity index (χ1) is 16.0. The van der Waals surface area contributed by atoms with Crippen LogP contribution in [0, 0.1) is 6.92 Å². The van der Waals surface area contributed by atoms with Crippen LogP contribution in [0.5, 0.6) is 0 Å². The molecule has 3 amide bonds. The number of aromatic nitrogens is 2. The fraction of sp³-hybridized carbons (Fsp3) is 0.435. The van der Waals surface area contributed by atoms with Crippen LogP contribution >= 0.6 is 0 Å². The van der Waals surface area contributed by atoms with E-state index >= 15 is 0 Å². The van der Waals surface area contributed by atoms with Crippen LogP contribution in [0.15, 0.2) is 42.7 Å². The van der Waals surface area contributed by atoms with Gasteiger partial charge in [-0.2, -0.15) is 0 Å². The highest BCUT2D eigenvalue weighted by Crippen LogP contribution is 2.16. The zero-order chi connectivity index (χ0) is 23.2. The minimum atomic E-state index is -0.811. The summed E-state index contributed by atoms with van der Waals surface area (Å²) in [6.45, 7) is 5.74. The molecule has 10 nitrogen and oxygen atoms in total. The monoisotopic (exact) mass is 451 g/mol. The number of aryl methyl sites for hydroxylation is 1. The van der Waals surface area contributed by atoms with E-state index in [0.29, 0.717) is 37.8 Å². The number of hydrogen-bond donors (Lipinski definition) is 2. The molecule has 0 aliphatic carbocycles. The minimum Gasteiger partial charge on any atom is -0.353 e. The molecule has 1 aromatic carbocycles. The average Bonchev–Trinajstić information content (AvgIpc) is 2.83. The highest BCUT2D eigenvalue weighted by Gasteiger charge is 2.35. The van der Waals surface area contributed by atoms with Crippen LogP contribution in [0.4, 0.5) is 11.6 Å². The summed E-state index contributed by atoms with van der Waals surface area (Å²) in [5.74, 6) is -0.0277. The van der Waals surface area contributed by atoms with Gasteiger partial charge in [0.25, 0.3) is 0 Å². The van der Waals surface area contributed by atoms with Gasteiger partial charge in [0, 0.05) is 57.3 Å². The fourth-order valence-corrected chi connectivity index (χ4v) is 4.15. The number of benzene rings is 1. The zero-order valence-electron chi connectivity index (χ0n) is 18.7.